The maximum Gasteiger partial charge on any atom is 0.261 e. The first-order valence-electron chi connectivity index (χ1n) is 10.1. The summed E-state index contributed by atoms with van der Waals surface area (Å²) >= 11 is 6.02. The summed E-state index contributed by atoms with van der Waals surface area (Å²) in [6.45, 7) is 2.17. The summed E-state index contributed by atoms with van der Waals surface area (Å²) in [6.07, 6.45) is 0.904. The lowest BCUT2D eigenvalue weighted by molar-refractivity contribution is -0.115. The number of carbonyl (C=O) groups is 1. The summed E-state index contributed by atoms with van der Waals surface area (Å²) in [7, 11) is 0. The molecule has 4 aromatic rings. The van der Waals surface area contributed by atoms with Crippen molar-refractivity contribution in [2.24, 2.45) is 0 Å². The van der Waals surface area contributed by atoms with Gasteiger partial charge in [-0.1, -0.05) is 61.0 Å². The van der Waals surface area contributed by atoms with Gasteiger partial charge in [0.05, 0.1) is 17.4 Å². The summed E-state index contributed by atoms with van der Waals surface area (Å²) < 4.78 is 1.70. The first-order valence-corrected chi connectivity index (χ1v) is 10.5. The van der Waals surface area contributed by atoms with Crippen molar-refractivity contribution in [2.75, 3.05) is 5.32 Å². The standard InChI is InChI=1S/C25H22ClN3O2/c1-2-24(30)27-20-12-13-22-21(15-20)25(31)29(16-18-8-10-19(26)11-9-18)23(28-22)14-17-6-4-3-5-7-17/h3-13,15H,2,14,16H2,1H3,(H,27,30). The normalized spacial score (nSPS) is 10.9. The van der Waals surface area contributed by atoms with E-state index in [2.05, 4.69) is 5.32 Å². The van der Waals surface area contributed by atoms with Gasteiger partial charge in [0.1, 0.15) is 5.82 Å². The lowest BCUT2D eigenvalue weighted by Gasteiger charge is -2.15. The second-order valence-corrected chi connectivity index (χ2v) is 7.78. The van der Waals surface area contributed by atoms with Gasteiger partial charge in [0.15, 0.2) is 0 Å². The second-order valence-electron chi connectivity index (χ2n) is 7.34. The Balaban J connectivity index is 1.82. The van der Waals surface area contributed by atoms with Gasteiger partial charge < -0.3 is 5.32 Å². The van der Waals surface area contributed by atoms with Crippen LogP contribution in [0.3, 0.4) is 0 Å². The van der Waals surface area contributed by atoms with Gasteiger partial charge in [0.25, 0.3) is 5.56 Å². The van der Waals surface area contributed by atoms with Crippen molar-refractivity contribution in [1.29, 1.82) is 0 Å². The van der Waals surface area contributed by atoms with E-state index < -0.39 is 0 Å². The molecule has 1 aromatic heterocycles. The molecule has 0 fully saturated rings. The Hall–Kier alpha value is -3.44. The fourth-order valence-electron chi connectivity index (χ4n) is 3.44. The molecule has 0 radical (unpaired) electrons. The van der Waals surface area contributed by atoms with Crippen molar-refractivity contribution in [3.8, 4) is 0 Å². The summed E-state index contributed by atoms with van der Waals surface area (Å²) in [6, 6.07) is 22.6. The van der Waals surface area contributed by atoms with Crippen LogP contribution in [0.2, 0.25) is 5.02 Å². The molecule has 0 aliphatic carbocycles. The first kappa shape index (κ1) is 20.8. The minimum absolute atomic E-state index is 0.102. The highest BCUT2D eigenvalue weighted by Gasteiger charge is 2.13. The van der Waals surface area contributed by atoms with Crippen molar-refractivity contribution in [2.45, 2.75) is 26.3 Å². The van der Waals surface area contributed by atoms with E-state index >= 15 is 0 Å². The Morgan fingerprint density at radius 1 is 1.00 bits per heavy atom. The Morgan fingerprint density at radius 2 is 1.74 bits per heavy atom. The number of hydrogen-bond donors (Lipinski definition) is 1. The zero-order chi connectivity index (χ0) is 21.8. The van der Waals surface area contributed by atoms with Crippen LogP contribution in [-0.2, 0) is 17.8 Å². The summed E-state index contributed by atoms with van der Waals surface area (Å²) in [5.74, 6) is 0.582. The maximum atomic E-state index is 13.5. The number of nitrogens with one attached hydrogen (secondary N) is 1. The van der Waals surface area contributed by atoms with Crippen LogP contribution in [0.4, 0.5) is 5.69 Å². The number of rotatable bonds is 6. The van der Waals surface area contributed by atoms with Gasteiger partial charge >= 0.3 is 0 Å². The van der Waals surface area contributed by atoms with E-state index in [1.165, 1.54) is 0 Å². The summed E-state index contributed by atoms with van der Waals surface area (Å²) in [4.78, 5) is 30.1. The lowest BCUT2D eigenvalue weighted by Crippen LogP contribution is -2.26. The molecule has 0 spiro atoms. The quantitative estimate of drug-likeness (QED) is 0.465. The van der Waals surface area contributed by atoms with Gasteiger partial charge in [-0.25, -0.2) is 4.98 Å². The smallest absolute Gasteiger partial charge is 0.261 e. The van der Waals surface area contributed by atoms with Gasteiger partial charge in [-0.05, 0) is 41.5 Å². The largest absolute Gasteiger partial charge is 0.326 e. The third-order valence-corrected chi connectivity index (χ3v) is 5.35. The van der Waals surface area contributed by atoms with E-state index in [-0.39, 0.29) is 11.5 Å². The topological polar surface area (TPSA) is 64.0 Å². The molecular weight excluding hydrogens is 410 g/mol. The monoisotopic (exact) mass is 431 g/mol. The number of anilines is 1. The average molecular weight is 432 g/mol. The zero-order valence-electron chi connectivity index (χ0n) is 17.1. The van der Waals surface area contributed by atoms with E-state index in [4.69, 9.17) is 16.6 Å². The highest BCUT2D eigenvalue weighted by Crippen LogP contribution is 2.18. The predicted molar refractivity (Wildman–Crippen MR) is 125 cm³/mol. The summed E-state index contributed by atoms with van der Waals surface area (Å²) in [5.41, 5.74) is 3.09. The number of carbonyl (C=O) groups excluding carboxylic acids is 1. The minimum Gasteiger partial charge on any atom is -0.326 e. The van der Waals surface area contributed by atoms with Crippen LogP contribution in [0.1, 0.15) is 30.3 Å². The molecule has 1 heterocycles. The van der Waals surface area contributed by atoms with E-state index in [1.807, 2.05) is 54.6 Å². The van der Waals surface area contributed by atoms with Crippen LogP contribution in [0, 0.1) is 0 Å². The van der Waals surface area contributed by atoms with E-state index in [0.29, 0.717) is 46.8 Å². The highest BCUT2D eigenvalue weighted by molar-refractivity contribution is 6.30. The number of hydrogen-bond acceptors (Lipinski definition) is 3. The highest BCUT2D eigenvalue weighted by atomic mass is 35.5. The lowest BCUT2D eigenvalue weighted by atomic mass is 10.1. The Labute approximate surface area is 185 Å². The molecule has 0 atom stereocenters. The Bertz CT molecular complexity index is 1280. The number of fused-ring (bicyclic) bond motifs is 1. The number of halogens is 1. The van der Waals surface area contributed by atoms with Gasteiger partial charge in [0, 0.05) is 23.6 Å². The van der Waals surface area contributed by atoms with Crippen molar-refractivity contribution >= 4 is 34.1 Å². The molecule has 0 aliphatic rings. The number of benzene rings is 3. The Kier molecular flexibility index (Phi) is 6.14. The number of amides is 1. The molecule has 1 N–H and O–H groups in total. The summed E-state index contributed by atoms with van der Waals surface area (Å²) in [5, 5.41) is 3.93. The van der Waals surface area contributed by atoms with Crippen molar-refractivity contribution < 1.29 is 4.79 Å². The van der Waals surface area contributed by atoms with E-state index in [9.17, 15) is 9.59 Å². The van der Waals surface area contributed by atoms with Crippen molar-refractivity contribution in [3.63, 3.8) is 0 Å². The van der Waals surface area contributed by atoms with Gasteiger partial charge in [-0.2, -0.15) is 0 Å². The number of nitrogens with zero attached hydrogens (tertiary/aromatic N) is 2. The van der Waals surface area contributed by atoms with Crippen LogP contribution in [0.25, 0.3) is 10.9 Å². The minimum atomic E-state index is -0.140. The molecule has 31 heavy (non-hydrogen) atoms. The SMILES string of the molecule is CCC(=O)Nc1ccc2nc(Cc3ccccc3)n(Cc3ccc(Cl)cc3)c(=O)c2c1. The molecule has 0 saturated heterocycles. The Morgan fingerprint density at radius 3 is 2.45 bits per heavy atom. The molecule has 0 saturated carbocycles. The molecule has 5 nitrogen and oxygen atoms in total. The second kappa shape index (κ2) is 9.14. The first-order chi connectivity index (χ1) is 15.0. The van der Waals surface area contributed by atoms with E-state index in [0.717, 1.165) is 11.1 Å². The molecule has 0 bridgehead atoms. The molecule has 0 unspecified atom stereocenters. The zero-order valence-corrected chi connectivity index (χ0v) is 17.9. The molecule has 0 aliphatic heterocycles. The molecule has 4 rings (SSSR count). The van der Waals surface area contributed by atoms with Crippen LogP contribution >= 0.6 is 11.6 Å². The van der Waals surface area contributed by atoms with Crippen LogP contribution in [0.15, 0.2) is 77.6 Å². The van der Waals surface area contributed by atoms with Crippen LogP contribution in [0.5, 0.6) is 0 Å². The van der Waals surface area contributed by atoms with Gasteiger partial charge in [0.2, 0.25) is 5.91 Å². The molecule has 3 aromatic carbocycles. The fourth-order valence-corrected chi connectivity index (χ4v) is 3.57. The molecular formula is C25H22ClN3O2. The fraction of sp³-hybridized carbons (Fsp3) is 0.160. The molecule has 6 heteroatoms. The molecule has 156 valence electrons. The van der Waals surface area contributed by atoms with Crippen molar-refractivity contribution in [1.82, 2.24) is 9.55 Å². The predicted octanol–water partition coefficient (Wildman–Crippen LogP) is 5.04. The number of aromatic nitrogens is 2. The third-order valence-electron chi connectivity index (χ3n) is 5.10. The van der Waals surface area contributed by atoms with Crippen LogP contribution < -0.4 is 10.9 Å². The van der Waals surface area contributed by atoms with Crippen LogP contribution in [-0.4, -0.2) is 15.5 Å². The maximum absolute atomic E-state index is 13.5. The average Bonchev–Trinajstić information content (AvgIpc) is 2.79. The van der Waals surface area contributed by atoms with Crippen molar-refractivity contribution in [3.05, 3.63) is 105 Å². The van der Waals surface area contributed by atoms with Gasteiger partial charge in [-0.15, -0.1) is 0 Å². The van der Waals surface area contributed by atoms with Gasteiger partial charge in [-0.3, -0.25) is 14.2 Å². The third kappa shape index (κ3) is 4.84. The molecule has 1 amide bonds. The van der Waals surface area contributed by atoms with E-state index in [1.54, 1.807) is 29.7 Å².